The van der Waals surface area contributed by atoms with Gasteiger partial charge in [-0.2, -0.15) is 4.98 Å². The molecule has 0 saturated carbocycles. The Morgan fingerprint density at radius 1 is 1.03 bits per heavy atom. The van der Waals surface area contributed by atoms with Gasteiger partial charge in [0, 0.05) is 21.8 Å². The summed E-state index contributed by atoms with van der Waals surface area (Å²) in [5.41, 5.74) is 3.30. The number of amides is 1. The van der Waals surface area contributed by atoms with Crippen LogP contribution in [0, 0.1) is 6.92 Å². The van der Waals surface area contributed by atoms with E-state index < -0.39 is 0 Å². The monoisotopic (exact) mass is 419 g/mol. The van der Waals surface area contributed by atoms with Gasteiger partial charge in [-0.25, -0.2) is 0 Å². The van der Waals surface area contributed by atoms with Gasteiger partial charge in [-0.15, -0.1) is 0 Å². The summed E-state index contributed by atoms with van der Waals surface area (Å²) in [5, 5.41) is 7.41. The number of anilines is 1. The predicted molar refractivity (Wildman–Crippen MR) is 115 cm³/mol. The number of nitrogens with zero attached hydrogens (tertiary/aromatic N) is 2. The molecule has 150 valence electrons. The van der Waals surface area contributed by atoms with Crippen molar-refractivity contribution in [1.29, 1.82) is 0 Å². The molecule has 0 fully saturated rings. The van der Waals surface area contributed by atoms with E-state index in [1.807, 2.05) is 49.4 Å². The standard InChI is InChI=1S/C23H18ClN3O3/c1-15-8-10-19(11-9-15)25-21(28)14-29-20-7-3-4-16(13-20)22-26-23(30-27-22)17-5-2-6-18(24)12-17/h2-13H,14H2,1H3,(H,25,28). The molecule has 0 spiro atoms. The minimum absolute atomic E-state index is 0.114. The molecule has 1 N–H and O–H groups in total. The Labute approximate surface area is 178 Å². The number of aromatic nitrogens is 2. The van der Waals surface area contributed by atoms with Gasteiger partial charge >= 0.3 is 0 Å². The summed E-state index contributed by atoms with van der Waals surface area (Å²) < 4.78 is 11.0. The van der Waals surface area contributed by atoms with Gasteiger partial charge in [-0.3, -0.25) is 4.79 Å². The summed E-state index contributed by atoms with van der Waals surface area (Å²) in [6, 6.07) is 21.9. The van der Waals surface area contributed by atoms with E-state index in [1.54, 1.807) is 30.3 Å². The van der Waals surface area contributed by atoms with Crippen molar-refractivity contribution >= 4 is 23.2 Å². The minimum Gasteiger partial charge on any atom is -0.484 e. The van der Waals surface area contributed by atoms with Gasteiger partial charge in [-0.1, -0.05) is 52.7 Å². The van der Waals surface area contributed by atoms with Crippen LogP contribution in [0.2, 0.25) is 5.02 Å². The van der Waals surface area contributed by atoms with Crippen molar-refractivity contribution in [2.24, 2.45) is 0 Å². The average molecular weight is 420 g/mol. The van der Waals surface area contributed by atoms with Crippen LogP contribution in [0.3, 0.4) is 0 Å². The third kappa shape index (κ3) is 4.85. The molecule has 0 aliphatic heterocycles. The maximum Gasteiger partial charge on any atom is 0.262 e. The van der Waals surface area contributed by atoms with Crippen molar-refractivity contribution in [1.82, 2.24) is 10.1 Å². The molecule has 3 aromatic carbocycles. The summed E-state index contributed by atoms with van der Waals surface area (Å²) >= 11 is 6.02. The highest BCUT2D eigenvalue weighted by molar-refractivity contribution is 6.30. The summed E-state index contributed by atoms with van der Waals surface area (Å²) in [4.78, 5) is 16.5. The van der Waals surface area contributed by atoms with Gasteiger partial charge < -0.3 is 14.6 Å². The molecule has 4 rings (SSSR count). The van der Waals surface area contributed by atoms with Crippen molar-refractivity contribution in [3.05, 3.63) is 83.4 Å². The fourth-order valence-corrected chi connectivity index (χ4v) is 2.98. The molecule has 0 bridgehead atoms. The van der Waals surface area contributed by atoms with Crippen LogP contribution < -0.4 is 10.1 Å². The van der Waals surface area contributed by atoms with E-state index in [4.69, 9.17) is 20.9 Å². The zero-order valence-corrected chi connectivity index (χ0v) is 16.9. The first-order valence-electron chi connectivity index (χ1n) is 9.26. The van der Waals surface area contributed by atoms with Crippen LogP contribution in [0.15, 0.2) is 77.3 Å². The molecule has 1 heterocycles. The number of hydrogen-bond acceptors (Lipinski definition) is 5. The third-order valence-electron chi connectivity index (χ3n) is 4.30. The van der Waals surface area contributed by atoms with E-state index >= 15 is 0 Å². The van der Waals surface area contributed by atoms with E-state index in [-0.39, 0.29) is 12.5 Å². The van der Waals surface area contributed by atoms with Crippen LogP contribution in [0.4, 0.5) is 5.69 Å². The van der Waals surface area contributed by atoms with E-state index in [2.05, 4.69) is 15.5 Å². The van der Waals surface area contributed by atoms with Crippen molar-refractivity contribution in [3.8, 4) is 28.6 Å². The maximum atomic E-state index is 12.1. The molecule has 1 amide bonds. The number of nitrogens with one attached hydrogen (secondary N) is 1. The van der Waals surface area contributed by atoms with Gasteiger partial charge in [0.25, 0.3) is 11.8 Å². The fourth-order valence-electron chi connectivity index (χ4n) is 2.79. The lowest BCUT2D eigenvalue weighted by atomic mass is 10.2. The molecule has 0 atom stereocenters. The van der Waals surface area contributed by atoms with Crippen LogP contribution in [-0.2, 0) is 4.79 Å². The maximum absolute atomic E-state index is 12.1. The Balaban J connectivity index is 1.41. The Morgan fingerprint density at radius 2 is 1.80 bits per heavy atom. The average Bonchev–Trinajstić information content (AvgIpc) is 3.25. The first-order valence-corrected chi connectivity index (χ1v) is 9.64. The zero-order chi connectivity index (χ0) is 20.9. The lowest BCUT2D eigenvalue weighted by Gasteiger charge is -2.08. The molecule has 0 saturated heterocycles. The van der Waals surface area contributed by atoms with Crippen LogP contribution >= 0.6 is 11.6 Å². The second kappa shape index (κ2) is 8.80. The predicted octanol–water partition coefficient (Wildman–Crippen LogP) is 5.38. The lowest BCUT2D eigenvalue weighted by Crippen LogP contribution is -2.20. The molecule has 1 aromatic heterocycles. The number of hydrogen-bond donors (Lipinski definition) is 1. The van der Waals surface area contributed by atoms with Crippen LogP contribution in [0.1, 0.15) is 5.56 Å². The number of carbonyl (C=O) groups excluding carboxylic acids is 1. The topological polar surface area (TPSA) is 77.2 Å². The molecule has 7 heteroatoms. The second-order valence-corrected chi connectivity index (χ2v) is 7.10. The number of ether oxygens (including phenoxy) is 1. The largest absolute Gasteiger partial charge is 0.484 e. The van der Waals surface area contributed by atoms with E-state index in [0.29, 0.717) is 28.1 Å². The van der Waals surface area contributed by atoms with Crippen molar-refractivity contribution in [2.45, 2.75) is 6.92 Å². The lowest BCUT2D eigenvalue weighted by molar-refractivity contribution is -0.118. The van der Waals surface area contributed by atoms with Crippen molar-refractivity contribution in [2.75, 3.05) is 11.9 Å². The summed E-state index contributed by atoms with van der Waals surface area (Å²) in [6.45, 7) is 1.88. The van der Waals surface area contributed by atoms with Gasteiger partial charge in [0.15, 0.2) is 6.61 Å². The Hall–Kier alpha value is -3.64. The molecule has 0 radical (unpaired) electrons. The normalized spacial score (nSPS) is 10.6. The van der Waals surface area contributed by atoms with Gasteiger partial charge in [0.05, 0.1) is 0 Å². The first-order chi connectivity index (χ1) is 14.6. The highest BCUT2D eigenvalue weighted by Crippen LogP contribution is 2.26. The van der Waals surface area contributed by atoms with Gasteiger partial charge in [0.2, 0.25) is 5.82 Å². The van der Waals surface area contributed by atoms with Gasteiger partial charge in [-0.05, 0) is 49.4 Å². The number of carbonyl (C=O) groups is 1. The molecular weight excluding hydrogens is 402 g/mol. The zero-order valence-electron chi connectivity index (χ0n) is 16.1. The number of halogens is 1. The summed E-state index contributed by atoms with van der Waals surface area (Å²) in [6.07, 6.45) is 0. The highest BCUT2D eigenvalue weighted by Gasteiger charge is 2.12. The third-order valence-corrected chi connectivity index (χ3v) is 4.53. The number of benzene rings is 3. The van der Waals surface area contributed by atoms with Crippen molar-refractivity contribution < 1.29 is 14.1 Å². The molecule has 0 aliphatic carbocycles. The molecular formula is C23H18ClN3O3. The molecule has 4 aromatic rings. The van der Waals surface area contributed by atoms with E-state index in [1.165, 1.54) is 0 Å². The highest BCUT2D eigenvalue weighted by atomic mass is 35.5. The Kier molecular flexibility index (Phi) is 5.77. The number of aryl methyl sites for hydroxylation is 1. The molecule has 0 unspecified atom stereocenters. The molecule has 0 aliphatic rings. The smallest absolute Gasteiger partial charge is 0.262 e. The van der Waals surface area contributed by atoms with E-state index in [0.717, 1.165) is 16.8 Å². The Bertz CT molecular complexity index is 1170. The van der Waals surface area contributed by atoms with Crippen LogP contribution in [-0.4, -0.2) is 22.7 Å². The van der Waals surface area contributed by atoms with Crippen molar-refractivity contribution in [3.63, 3.8) is 0 Å². The quantitative estimate of drug-likeness (QED) is 0.453. The molecule has 6 nitrogen and oxygen atoms in total. The SMILES string of the molecule is Cc1ccc(NC(=O)COc2cccc(-c3noc(-c4cccc(Cl)c4)n3)c2)cc1. The summed E-state index contributed by atoms with van der Waals surface area (Å²) in [5.74, 6) is 1.07. The van der Waals surface area contributed by atoms with Crippen LogP contribution in [0.5, 0.6) is 5.75 Å². The first kappa shape index (κ1) is 19.7. The molecule has 30 heavy (non-hydrogen) atoms. The summed E-state index contributed by atoms with van der Waals surface area (Å²) in [7, 11) is 0. The van der Waals surface area contributed by atoms with Gasteiger partial charge in [0.1, 0.15) is 5.75 Å². The minimum atomic E-state index is -0.243. The van der Waals surface area contributed by atoms with Crippen LogP contribution in [0.25, 0.3) is 22.8 Å². The Morgan fingerprint density at radius 3 is 2.60 bits per heavy atom. The number of rotatable bonds is 6. The second-order valence-electron chi connectivity index (χ2n) is 6.66. The van der Waals surface area contributed by atoms with E-state index in [9.17, 15) is 4.79 Å². The fraction of sp³-hybridized carbons (Fsp3) is 0.0870.